The molecule has 0 unspecified atom stereocenters. The summed E-state index contributed by atoms with van der Waals surface area (Å²) >= 11 is 3.50. The molecule has 5 heteroatoms. The van der Waals surface area contributed by atoms with Crippen molar-refractivity contribution in [2.45, 2.75) is 33.2 Å². The second kappa shape index (κ2) is 10.5. The maximum absolute atomic E-state index is 12.2. The number of para-hydroxylation sites is 1. The zero-order valence-electron chi connectivity index (χ0n) is 14.1. The van der Waals surface area contributed by atoms with Crippen LogP contribution in [0.25, 0.3) is 0 Å². The highest BCUT2D eigenvalue weighted by Gasteiger charge is 2.07. The molecule has 0 fully saturated rings. The van der Waals surface area contributed by atoms with Crippen LogP contribution in [-0.4, -0.2) is 12.5 Å². The van der Waals surface area contributed by atoms with Crippen LogP contribution in [0, 0.1) is 6.92 Å². The summed E-state index contributed by atoms with van der Waals surface area (Å²) < 4.78 is 1.10. The molecule has 0 spiro atoms. The van der Waals surface area contributed by atoms with E-state index in [-0.39, 0.29) is 18.3 Å². The molecule has 130 valence electrons. The molecule has 0 heterocycles. The van der Waals surface area contributed by atoms with Crippen molar-refractivity contribution in [1.29, 1.82) is 0 Å². The van der Waals surface area contributed by atoms with Gasteiger partial charge < -0.3 is 10.6 Å². The summed E-state index contributed by atoms with van der Waals surface area (Å²) in [6, 6.07) is 14.1. The van der Waals surface area contributed by atoms with E-state index in [2.05, 4.69) is 52.5 Å². The van der Waals surface area contributed by atoms with E-state index < -0.39 is 0 Å². The number of amides is 1. The first-order valence-electron chi connectivity index (χ1n) is 7.93. The average molecular weight is 412 g/mol. The predicted molar refractivity (Wildman–Crippen MR) is 107 cm³/mol. The van der Waals surface area contributed by atoms with E-state index in [4.69, 9.17) is 0 Å². The van der Waals surface area contributed by atoms with Gasteiger partial charge in [0.05, 0.1) is 0 Å². The van der Waals surface area contributed by atoms with Gasteiger partial charge in [0.1, 0.15) is 0 Å². The van der Waals surface area contributed by atoms with Crippen LogP contribution in [-0.2, 0) is 17.8 Å². The maximum Gasteiger partial charge on any atom is 0.224 e. The number of halogens is 2. The number of aryl methyl sites for hydroxylation is 2. The molecule has 1 amide bonds. The van der Waals surface area contributed by atoms with E-state index in [1.165, 1.54) is 11.1 Å². The van der Waals surface area contributed by atoms with E-state index in [0.29, 0.717) is 6.42 Å². The van der Waals surface area contributed by atoms with Crippen molar-refractivity contribution in [3.63, 3.8) is 0 Å². The normalized spacial score (nSPS) is 10.1. The van der Waals surface area contributed by atoms with Gasteiger partial charge >= 0.3 is 0 Å². The number of rotatable bonds is 7. The molecule has 2 aromatic carbocycles. The Morgan fingerprint density at radius 2 is 1.92 bits per heavy atom. The van der Waals surface area contributed by atoms with E-state index in [0.717, 1.165) is 35.2 Å². The van der Waals surface area contributed by atoms with Crippen LogP contribution in [0.4, 0.5) is 5.69 Å². The third-order valence-corrected chi connectivity index (χ3v) is 4.61. The standard InChI is InChI=1S/C19H23BrN2O.ClH/c1-3-21-13-16-6-4-5-7-18(16)22-19(23)11-9-15-8-10-17(20)14(2)12-15;/h4-8,10,12,21H,3,9,11,13H2,1-2H3,(H,22,23);1H. The van der Waals surface area contributed by atoms with Gasteiger partial charge in [-0.05, 0) is 48.7 Å². The summed E-state index contributed by atoms with van der Waals surface area (Å²) in [5, 5.41) is 6.32. The minimum atomic E-state index is 0. The molecular weight excluding hydrogens is 388 g/mol. The summed E-state index contributed by atoms with van der Waals surface area (Å²) in [5.74, 6) is 0.0505. The fourth-order valence-electron chi connectivity index (χ4n) is 2.39. The number of benzene rings is 2. The van der Waals surface area contributed by atoms with Crippen LogP contribution in [0.3, 0.4) is 0 Å². The fraction of sp³-hybridized carbons (Fsp3) is 0.316. The SMILES string of the molecule is CCNCc1ccccc1NC(=O)CCc1ccc(Br)c(C)c1.Cl. The van der Waals surface area contributed by atoms with Gasteiger partial charge in [-0.15, -0.1) is 12.4 Å². The topological polar surface area (TPSA) is 41.1 Å². The quantitative estimate of drug-likeness (QED) is 0.683. The molecule has 3 nitrogen and oxygen atoms in total. The third kappa shape index (κ3) is 6.27. The molecule has 0 aliphatic carbocycles. The van der Waals surface area contributed by atoms with Crippen molar-refractivity contribution in [2.75, 3.05) is 11.9 Å². The number of hydrogen-bond acceptors (Lipinski definition) is 2. The lowest BCUT2D eigenvalue weighted by molar-refractivity contribution is -0.116. The molecule has 0 aliphatic heterocycles. The Kier molecular flexibility index (Phi) is 9.04. The first kappa shape index (κ1) is 20.7. The van der Waals surface area contributed by atoms with Crippen LogP contribution in [0.2, 0.25) is 0 Å². The molecule has 0 radical (unpaired) electrons. The average Bonchev–Trinajstić information content (AvgIpc) is 2.55. The molecule has 0 saturated carbocycles. The molecule has 24 heavy (non-hydrogen) atoms. The van der Waals surface area contributed by atoms with Gasteiger partial charge in [-0.1, -0.05) is 53.2 Å². The zero-order chi connectivity index (χ0) is 16.7. The van der Waals surface area contributed by atoms with Gasteiger partial charge in [-0.25, -0.2) is 0 Å². The van der Waals surface area contributed by atoms with E-state index in [1.54, 1.807) is 0 Å². The van der Waals surface area contributed by atoms with Gasteiger partial charge in [0.25, 0.3) is 0 Å². The molecule has 0 aliphatic rings. The highest BCUT2D eigenvalue weighted by atomic mass is 79.9. The second-order valence-corrected chi connectivity index (χ2v) is 6.42. The Morgan fingerprint density at radius 3 is 2.62 bits per heavy atom. The number of hydrogen-bond donors (Lipinski definition) is 2. The van der Waals surface area contributed by atoms with E-state index in [9.17, 15) is 4.79 Å². The molecule has 2 aromatic rings. The molecule has 0 aromatic heterocycles. The highest BCUT2D eigenvalue weighted by molar-refractivity contribution is 9.10. The molecule has 2 N–H and O–H groups in total. The number of nitrogens with one attached hydrogen (secondary N) is 2. The van der Waals surface area contributed by atoms with Crippen LogP contribution in [0.5, 0.6) is 0 Å². The lowest BCUT2D eigenvalue weighted by Gasteiger charge is -2.11. The summed E-state index contributed by atoms with van der Waals surface area (Å²) in [6.45, 7) is 5.80. The molecule has 2 rings (SSSR count). The lowest BCUT2D eigenvalue weighted by atomic mass is 10.1. The van der Waals surface area contributed by atoms with Crippen molar-refractivity contribution in [3.8, 4) is 0 Å². The van der Waals surface area contributed by atoms with Crippen LogP contribution < -0.4 is 10.6 Å². The third-order valence-electron chi connectivity index (χ3n) is 3.72. The van der Waals surface area contributed by atoms with E-state index in [1.807, 2.05) is 30.3 Å². The molecule has 0 bridgehead atoms. The zero-order valence-corrected chi connectivity index (χ0v) is 16.5. The van der Waals surface area contributed by atoms with Crippen LogP contribution in [0.1, 0.15) is 30.0 Å². The monoisotopic (exact) mass is 410 g/mol. The Balaban J connectivity index is 0.00000288. The fourth-order valence-corrected chi connectivity index (χ4v) is 2.64. The van der Waals surface area contributed by atoms with Gasteiger partial charge in [-0.3, -0.25) is 4.79 Å². The summed E-state index contributed by atoms with van der Waals surface area (Å²) in [6.07, 6.45) is 1.23. The van der Waals surface area contributed by atoms with Gasteiger partial charge in [0, 0.05) is 23.1 Å². The van der Waals surface area contributed by atoms with Gasteiger partial charge in [0.15, 0.2) is 0 Å². The van der Waals surface area contributed by atoms with Crippen molar-refractivity contribution in [1.82, 2.24) is 5.32 Å². The molecule has 0 saturated heterocycles. The Hall–Kier alpha value is -1.36. The Bertz CT molecular complexity index is 676. The minimum Gasteiger partial charge on any atom is -0.326 e. The summed E-state index contributed by atoms with van der Waals surface area (Å²) in [5.41, 5.74) is 4.38. The van der Waals surface area contributed by atoms with Crippen molar-refractivity contribution in [3.05, 3.63) is 63.6 Å². The maximum atomic E-state index is 12.2. The van der Waals surface area contributed by atoms with Crippen LogP contribution >= 0.6 is 28.3 Å². The Labute approximate surface area is 158 Å². The van der Waals surface area contributed by atoms with Crippen molar-refractivity contribution in [2.24, 2.45) is 0 Å². The van der Waals surface area contributed by atoms with Gasteiger partial charge in [0.2, 0.25) is 5.91 Å². The van der Waals surface area contributed by atoms with Crippen LogP contribution in [0.15, 0.2) is 46.9 Å². The number of anilines is 1. The first-order chi connectivity index (χ1) is 11.1. The smallest absolute Gasteiger partial charge is 0.224 e. The van der Waals surface area contributed by atoms with Gasteiger partial charge in [-0.2, -0.15) is 0 Å². The largest absolute Gasteiger partial charge is 0.326 e. The summed E-state index contributed by atoms with van der Waals surface area (Å²) in [7, 11) is 0. The Morgan fingerprint density at radius 1 is 1.17 bits per heavy atom. The van der Waals surface area contributed by atoms with E-state index >= 15 is 0 Å². The number of carbonyl (C=O) groups is 1. The molecular formula is C19H24BrClN2O. The highest BCUT2D eigenvalue weighted by Crippen LogP contribution is 2.19. The first-order valence-corrected chi connectivity index (χ1v) is 8.73. The van der Waals surface area contributed by atoms with Crippen molar-refractivity contribution < 1.29 is 4.79 Å². The predicted octanol–water partition coefficient (Wildman–Crippen LogP) is 4.86. The summed E-state index contributed by atoms with van der Waals surface area (Å²) in [4.78, 5) is 12.2. The molecule has 0 atom stereocenters. The lowest BCUT2D eigenvalue weighted by Crippen LogP contribution is -2.17. The minimum absolute atomic E-state index is 0. The second-order valence-electron chi connectivity index (χ2n) is 5.57. The van der Waals surface area contributed by atoms with Crippen molar-refractivity contribution >= 4 is 39.9 Å². The number of carbonyl (C=O) groups excluding carboxylic acids is 1.